The minimum Gasteiger partial charge on any atom is -0.492 e. The number of rotatable bonds is 7. The molecule has 0 aromatic heterocycles. The topological polar surface area (TPSA) is 102 Å². The van der Waals surface area contributed by atoms with Crippen LogP contribution in [-0.4, -0.2) is 45.0 Å². The van der Waals surface area contributed by atoms with Gasteiger partial charge in [-0.2, -0.15) is 0 Å². The molecule has 150 valence electrons. The molecule has 1 aliphatic heterocycles. The summed E-state index contributed by atoms with van der Waals surface area (Å²) in [6.45, 7) is 3.00. The Kier molecular flexibility index (Phi) is 6.33. The van der Waals surface area contributed by atoms with Crippen molar-refractivity contribution < 1.29 is 17.9 Å². The maximum atomic E-state index is 12.6. The second-order valence-electron chi connectivity index (χ2n) is 6.79. The lowest BCUT2D eigenvalue weighted by Gasteiger charge is -2.30. The Labute approximate surface area is 165 Å². The van der Waals surface area contributed by atoms with Gasteiger partial charge in [-0.25, -0.2) is 13.1 Å². The molecule has 8 heteroatoms. The Morgan fingerprint density at radius 3 is 2.68 bits per heavy atom. The number of hydrogen-bond acceptors (Lipinski definition) is 5. The van der Waals surface area contributed by atoms with Crippen LogP contribution in [0.3, 0.4) is 0 Å². The van der Waals surface area contributed by atoms with Crippen molar-refractivity contribution in [1.82, 2.24) is 9.62 Å². The molecule has 0 radical (unpaired) electrons. The van der Waals surface area contributed by atoms with Gasteiger partial charge in [-0.05, 0) is 48.7 Å². The van der Waals surface area contributed by atoms with Gasteiger partial charge in [0.15, 0.2) is 0 Å². The van der Waals surface area contributed by atoms with Crippen LogP contribution in [0.1, 0.15) is 18.1 Å². The Bertz CT molecular complexity index is 930. The lowest BCUT2D eigenvalue weighted by atomic mass is 9.99. The second kappa shape index (κ2) is 8.72. The SMILES string of the molecule is C[C@H](N)C(=O)N1CCc2ccc(S(=O)(=O)NCCOc3ccccc3)cc2C1. The van der Waals surface area contributed by atoms with Crippen LogP contribution in [-0.2, 0) is 27.8 Å². The summed E-state index contributed by atoms with van der Waals surface area (Å²) in [6, 6.07) is 13.7. The van der Waals surface area contributed by atoms with Crippen LogP contribution in [0.5, 0.6) is 5.75 Å². The summed E-state index contributed by atoms with van der Waals surface area (Å²) in [6.07, 6.45) is 0.687. The Morgan fingerprint density at radius 2 is 1.96 bits per heavy atom. The molecule has 3 rings (SSSR count). The first kappa shape index (κ1) is 20.3. The fourth-order valence-electron chi connectivity index (χ4n) is 3.12. The number of sulfonamides is 1. The van der Waals surface area contributed by atoms with Crippen LogP contribution in [0.25, 0.3) is 0 Å². The first-order valence-corrected chi connectivity index (χ1v) is 10.7. The van der Waals surface area contributed by atoms with E-state index in [-0.39, 0.29) is 24.0 Å². The third-order valence-electron chi connectivity index (χ3n) is 4.61. The summed E-state index contributed by atoms with van der Waals surface area (Å²) in [7, 11) is -3.66. The molecule has 1 amide bonds. The number of para-hydroxylation sites is 1. The first-order valence-electron chi connectivity index (χ1n) is 9.20. The molecule has 0 saturated heterocycles. The van der Waals surface area contributed by atoms with Gasteiger partial charge in [0.2, 0.25) is 15.9 Å². The van der Waals surface area contributed by atoms with Crippen molar-refractivity contribution in [1.29, 1.82) is 0 Å². The van der Waals surface area contributed by atoms with Gasteiger partial charge in [-0.3, -0.25) is 4.79 Å². The lowest BCUT2D eigenvalue weighted by molar-refractivity contribution is -0.133. The van der Waals surface area contributed by atoms with E-state index in [1.165, 1.54) is 0 Å². The Balaban J connectivity index is 1.63. The van der Waals surface area contributed by atoms with E-state index in [1.54, 1.807) is 24.0 Å². The number of benzene rings is 2. The summed E-state index contributed by atoms with van der Waals surface area (Å²) in [5, 5.41) is 0. The first-order chi connectivity index (χ1) is 13.4. The smallest absolute Gasteiger partial charge is 0.240 e. The van der Waals surface area contributed by atoms with E-state index in [0.717, 1.165) is 11.1 Å². The van der Waals surface area contributed by atoms with Crippen molar-refractivity contribution in [3.05, 3.63) is 59.7 Å². The van der Waals surface area contributed by atoms with E-state index in [1.807, 2.05) is 36.4 Å². The van der Waals surface area contributed by atoms with E-state index in [2.05, 4.69) is 4.72 Å². The van der Waals surface area contributed by atoms with Crippen molar-refractivity contribution in [3.8, 4) is 5.75 Å². The molecular formula is C20H25N3O4S. The van der Waals surface area contributed by atoms with E-state index in [4.69, 9.17) is 10.5 Å². The summed E-state index contributed by atoms with van der Waals surface area (Å²) in [5.74, 6) is 0.560. The molecule has 1 heterocycles. The van der Waals surface area contributed by atoms with Gasteiger partial charge in [-0.15, -0.1) is 0 Å². The van der Waals surface area contributed by atoms with Crippen molar-refractivity contribution in [2.75, 3.05) is 19.7 Å². The van der Waals surface area contributed by atoms with Gasteiger partial charge >= 0.3 is 0 Å². The average molecular weight is 404 g/mol. The number of carbonyl (C=O) groups is 1. The molecule has 0 unspecified atom stereocenters. The van der Waals surface area contributed by atoms with Gasteiger partial charge in [0, 0.05) is 19.6 Å². The maximum Gasteiger partial charge on any atom is 0.240 e. The molecule has 28 heavy (non-hydrogen) atoms. The molecule has 0 aliphatic carbocycles. The molecule has 1 aliphatic rings. The molecule has 3 N–H and O–H groups in total. The number of nitrogens with two attached hydrogens (primary N) is 1. The van der Waals surface area contributed by atoms with Gasteiger partial charge in [-0.1, -0.05) is 24.3 Å². The standard InChI is InChI=1S/C20H25N3O4S/c1-15(21)20(24)23-11-9-16-7-8-19(13-17(16)14-23)28(25,26)22-10-12-27-18-5-3-2-4-6-18/h2-8,13,15,22H,9-12,14,21H2,1H3/t15-/m0/s1. The summed E-state index contributed by atoms with van der Waals surface area (Å²) >= 11 is 0. The highest BCUT2D eigenvalue weighted by Gasteiger charge is 2.24. The van der Waals surface area contributed by atoms with Crippen molar-refractivity contribution in [3.63, 3.8) is 0 Å². The fraction of sp³-hybridized carbons (Fsp3) is 0.350. The highest BCUT2D eigenvalue weighted by molar-refractivity contribution is 7.89. The molecular weight excluding hydrogens is 378 g/mol. The van der Waals surface area contributed by atoms with E-state index >= 15 is 0 Å². The highest BCUT2D eigenvalue weighted by atomic mass is 32.2. The number of ether oxygens (including phenoxy) is 1. The average Bonchev–Trinajstić information content (AvgIpc) is 2.70. The predicted octanol–water partition coefficient (Wildman–Crippen LogP) is 1.28. The summed E-state index contributed by atoms with van der Waals surface area (Å²) < 4.78 is 33.2. The molecule has 0 fully saturated rings. The molecule has 2 aromatic carbocycles. The number of amides is 1. The Hall–Kier alpha value is -2.42. The normalized spacial score (nSPS) is 15.0. The van der Waals surface area contributed by atoms with Gasteiger partial charge in [0.05, 0.1) is 10.9 Å². The Morgan fingerprint density at radius 1 is 1.21 bits per heavy atom. The third-order valence-corrected chi connectivity index (χ3v) is 6.07. The second-order valence-corrected chi connectivity index (χ2v) is 8.56. The molecule has 2 aromatic rings. The van der Waals surface area contributed by atoms with E-state index < -0.39 is 16.1 Å². The molecule has 0 bridgehead atoms. The number of fused-ring (bicyclic) bond motifs is 1. The maximum absolute atomic E-state index is 12.6. The van der Waals surface area contributed by atoms with E-state index in [0.29, 0.717) is 25.3 Å². The lowest BCUT2D eigenvalue weighted by Crippen LogP contribution is -2.44. The highest BCUT2D eigenvalue weighted by Crippen LogP contribution is 2.23. The van der Waals surface area contributed by atoms with Crippen molar-refractivity contribution in [2.45, 2.75) is 30.8 Å². The van der Waals surface area contributed by atoms with Crippen LogP contribution in [0, 0.1) is 0 Å². The number of nitrogens with one attached hydrogen (secondary N) is 1. The number of hydrogen-bond donors (Lipinski definition) is 2. The van der Waals surface area contributed by atoms with E-state index in [9.17, 15) is 13.2 Å². The zero-order valence-corrected chi connectivity index (χ0v) is 16.6. The number of carbonyl (C=O) groups excluding carboxylic acids is 1. The summed E-state index contributed by atoms with van der Waals surface area (Å²) in [4.78, 5) is 14.0. The number of nitrogens with zero attached hydrogens (tertiary/aromatic N) is 1. The molecule has 1 atom stereocenters. The molecule has 7 nitrogen and oxygen atoms in total. The van der Waals surface area contributed by atoms with Crippen molar-refractivity contribution in [2.24, 2.45) is 5.73 Å². The molecule has 0 saturated carbocycles. The zero-order chi connectivity index (χ0) is 20.1. The molecule has 0 spiro atoms. The van der Waals surface area contributed by atoms with Crippen LogP contribution in [0.4, 0.5) is 0 Å². The van der Waals surface area contributed by atoms with Gasteiger partial charge in [0.25, 0.3) is 0 Å². The fourth-order valence-corrected chi connectivity index (χ4v) is 4.19. The zero-order valence-electron chi connectivity index (χ0n) is 15.8. The van der Waals surface area contributed by atoms with Gasteiger partial charge in [0.1, 0.15) is 12.4 Å². The third kappa shape index (κ3) is 4.89. The van der Waals surface area contributed by atoms with Crippen LogP contribution in [0.2, 0.25) is 0 Å². The monoisotopic (exact) mass is 403 g/mol. The minimum absolute atomic E-state index is 0.130. The van der Waals surface area contributed by atoms with Crippen LogP contribution < -0.4 is 15.2 Å². The van der Waals surface area contributed by atoms with Crippen LogP contribution >= 0.6 is 0 Å². The summed E-state index contributed by atoms with van der Waals surface area (Å²) in [5.41, 5.74) is 7.58. The predicted molar refractivity (Wildman–Crippen MR) is 106 cm³/mol. The minimum atomic E-state index is -3.66. The largest absolute Gasteiger partial charge is 0.492 e. The quantitative estimate of drug-likeness (QED) is 0.678. The van der Waals surface area contributed by atoms with Gasteiger partial charge < -0.3 is 15.4 Å². The van der Waals surface area contributed by atoms with Crippen molar-refractivity contribution >= 4 is 15.9 Å². The van der Waals surface area contributed by atoms with Crippen LogP contribution in [0.15, 0.2) is 53.4 Å².